The molecule has 0 N–H and O–H groups in total. The van der Waals surface area contributed by atoms with E-state index in [-0.39, 0.29) is 24.0 Å². The fraction of sp³-hybridized carbons (Fsp3) is 0.222. The average molecular weight is 330 g/mol. The van der Waals surface area contributed by atoms with Crippen molar-refractivity contribution >= 4 is 11.6 Å². The largest absolute Gasteiger partial charge is 0.390 e. The molecule has 1 atom stereocenters. The van der Waals surface area contributed by atoms with Gasteiger partial charge in [-0.05, 0) is 24.3 Å². The summed E-state index contributed by atoms with van der Waals surface area (Å²) >= 11 is 0. The number of nitrogens with zero attached hydrogens (tertiary/aromatic N) is 2. The minimum Gasteiger partial charge on any atom is -0.390 e. The third-order valence-corrected chi connectivity index (χ3v) is 3.82. The van der Waals surface area contributed by atoms with Crippen LogP contribution in [-0.2, 0) is 4.84 Å². The van der Waals surface area contributed by atoms with Gasteiger partial charge in [0.15, 0.2) is 6.10 Å². The third-order valence-electron chi connectivity index (χ3n) is 3.82. The summed E-state index contributed by atoms with van der Waals surface area (Å²) in [6.45, 7) is 0.259. The van der Waals surface area contributed by atoms with Crippen LogP contribution in [0.3, 0.4) is 0 Å². The molecule has 3 rings (SSSR count). The highest BCUT2D eigenvalue weighted by atomic mass is 19.1. The lowest BCUT2D eigenvalue weighted by Gasteiger charge is -2.20. The monoisotopic (exact) mass is 330 g/mol. The zero-order valence-electron chi connectivity index (χ0n) is 13.1. The molecule has 2 aromatic carbocycles. The average Bonchev–Trinajstić information content (AvgIpc) is 3.03. The Labute approximate surface area is 138 Å². The minimum atomic E-state index is -0.557. The first-order valence-corrected chi connectivity index (χ1v) is 7.53. The number of halogens is 2. The van der Waals surface area contributed by atoms with Gasteiger partial charge >= 0.3 is 0 Å². The Morgan fingerprint density at radius 3 is 2.79 bits per heavy atom. The first kappa shape index (κ1) is 16.1. The number of hydrogen-bond acceptors (Lipinski definition) is 3. The van der Waals surface area contributed by atoms with Gasteiger partial charge in [0.05, 0.1) is 17.8 Å². The number of benzene rings is 2. The first-order chi connectivity index (χ1) is 11.5. The fourth-order valence-corrected chi connectivity index (χ4v) is 2.59. The van der Waals surface area contributed by atoms with Crippen LogP contribution in [0, 0.1) is 11.6 Å². The lowest BCUT2D eigenvalue weighted by molar-refractivity contribution is 0.0479. The SMILES string of the molecule is CN(CC1CC(c2cccc(F)c2)=NO1)C(=O)c1ccccc1F. The van der Waals surface area contributed by atoms with E-state index in [1.165, 1.54) is 35.2 Å². The smallest absolute Gasteiger partial charge is 0.256 e. The van der Waals surface area contributed by atoms with Gasteiger partial charge in [0.2, 0.25) is 0 Å². The zero-order chi connectivity index (χ0) is 17.1. The van der Waals surface area contributed by atoms with Gasteiger partial charge in [-0.25, -0.2) is 8.78 Å². The summed E-state index contributed by atoms with van der Waals surface area (Å²) in [5, 5.41) is 3.97. The van der Waals surface area contributed by atoms with Gasteiger partial charge < -0.3 is 9.74 Å². The van der Waals surface area contributed by atoms with Crippen molar-refractivity contribution in [2.24, 2.45) is 5.16 Å². The van der Waals surface area contributed by atoms with Crippen LogP contribution < -0.4 is 0 Å². The lowest BCUT2D eigenvalue weighted by Crippen LogP contribution is -2.35. The van der Waals surface area contributed by atoms with Gasteiger partial charge in [-0.3, -0.25) is 4.79 Å². The van der Waals surface area contributed by atoms with E-state index in [0.717, 1.165) is 0 Å². The van der Waals surface area contributed by atoms with Gasteiger partial charge in [-0.15, -0.1) is 0 Å². The molecule has 1 aliphatic heterocycles. The van der Waals surface area contributed by atoms with Gasteiger partial charge in [-0.2, -0.15) is 0 Å². The molecule has 0 bridgehead atoms. The van der Waals surface area contributed by atoms with Crippen LogP contribution in [0.15, 0.2) is 53.7 Å². The highest BCUT2D eigenvalue weighted by Crippen LogP contribution is 2.19. The number of carbonyl (C=O) groups excluding carboxylic acids is 1. The van der Waals surface area contributed by atoms with Gasteiger partial charge in [0.25, 0.3) is 5.91 Å². The van der Waals surface area contributed by atoms with Crippen LogP contribution in [0.25, 0.3) is 0 Å². The number of likely N-dealkylation sites (N-methyl/N-ethyl adjacent to an activating group) is 1. The Morgan fingerprint density at radius 1 is 1.25 bits per heavy atom. The van der Waals surface area contributed by atoms with Crippen molar-refractivity contribution in [1.82, 2.24) is 4.90 Å². The Balaban J connectivity index is 1.62. The predicted molar refractivity (Wildman–Crippen MR) is 85.8 cm³/mol. The lowest BCUT2D eigenvalue weighted by atomic mass is 10.0. The topological polar surface area (TPSA) is 41.9 Å². The van der Waals surface area contributed by atoms with Gasteiger partial charge in [0, 0.05) is 19.0 Å². The molecule has 0 spiro atoms. The van der Waals surface area contributed by atoms with E-state index < -0.39 is 11.7 Å². The van der Waals surface area contributed by atoms with Crippen molar-refractivity contribution in [2.75, 3.05) is 13.6 Å². The first-order valence-electron chi connectivity index (χ1n) is 7.53. The molecule has 0 aliphatic carbocycles. The molecule has 24 heavy (non-hydrogen) atoms. The summed E-state index contributed by atoms with van der Waals surface area (Å²) in [6, 6.07) is 11.9. The van der Waals surface area contributed by atoms with E-state index in [0.29, 0.717) is 17.7 Å². The summed E-state index contributed by atoms with van der Waals surface area (Å²) < 4.78 is 27.0. The van der Waals surface area contributed by atoms with Crippen molar-refractivity contribution in [1.29, 1.82) is 0 Å². The second kappa shape index (κ2) is 6.78. The quantitative estimate of drug-likeness (QED) is 0.864. The summed E-state index contributed by atoms with van der Waals surface area (Å²) in [6.07, 6.45) is 0.113. The number of amides is 1. The minimum absolute atomic E-state index is 0.0178. The highest BCUT2D eigenvalue weighted by Gasteiger charge is 2.26. The second-order valence-electron chi connectivity index (χ2n) is 5.65. The highest BCUT2D eigenvalue weighted by molar-refractivity contribution is 6.01. The molecule has 6 heteroatoms. The maximum Gasteiger partial charge on any atom is 0.256 e. The maximum absolute atomic E-state index is 13.7. The van der Waals surface area contributed by atoms with E-state index in [9.17, 15) is 13.6 Å². The maximum atomic E-state index is 13.7. The van der Waals surface area contributed by atoms with Crippen LogP contribution in [-0.4, -0.2) is 36.2 Å². The zero-order valence-corrected chi connectivity index (χ0v) is 13.1. The van der Waals surface area contributed by atoms with Crippen molar-refractivity contribution in [2.45, 2.75) is 12.5 Å². The van der Waals surface area contributed by atoms with Crippen LogP contribution in [0.4, 0.5) is 8.78 Å². The predicted octanol–water partition coefficient (Wildman–Crippen LogP) is 3.23. The van der Waals surface area contributed by atoms with Gasteiger partial charge in [-0.1, -0.05) is 29.4 Å². The summed E-state index contributed by atoms with van der Waals surface area (Å²) in [5.74, 6) is -1.32. The molecule has 0 aromatic heterocycles. The van der Waals surface area contributed by atoms with Crippen LogP contribution in [0.2, 0.25) is 0 Å². The fourth-order valence-electron chi connectivity index (χ4n) is 2.59. The number of oxime groups is 1. The Bertz CT molecular complexity index is 792. The third kappa shape index (κ3) is 3.42. The van der Waals surface area contributed by atoms with E-state index in [4.69, 9.17) is 4.84 Å². The molecule has 0 radical (unpaired) electrons. The number of rotatable bonds is 4. The molecule has 4 nitrogen and oxygen atoms in total. The van der Waals surface area contributed by atoms with E-state index >= 15 is 0 Å². The molecule has 2 aromatic rings. The van der Waals surface area contributed by atoms with Crippen LogP contribution in [0.1, 0.15) is 22.3 Å². The molecule has 0 fully saturated rings. The number of carbonyl (C=O) groups is 1. The molecule has 1 heterocycles. The normalized spacial score (nSPS) is 16.5. The molecule has 0 saturated carbocycles. The second-order valence-corrected chi connectivity index (χ2v) is 5.65. The van der Waals surface area contributed by atoms with Crippen molar-refractivity contribution in [3.05, 3.63) is 71.3 Å². The van der Waals surface area contributed by atoms with Crippen LogP contribution >= 0.6 is 0 Å². The molecule has 124 valence electrons. The van der Waals surface area contributed by atoms with E-state index in [2.05, 4.69) is 5.16 Å². The molecule has 1 amide bonds. The van der Waals surface area contributed by atoms with E-state index in [1.54, 1.807) is 25.2 Å². The molecule has 0 saturated heterocycles. The summed E-state index contributed by atoms with van der Waals surface area (Å²) in [5.41, 5.74) is 1.30. The standard InChI is InChI=1S/C18H16F2N2O2/c1-22(18(23)15-7-2-3-8-16(15)20)11-14-10-17(21-24-14)12-5-4-6-13(19)9-12/h2-9,14H,10-11H2,1H3. The Hall–Kier alpha value is -2.76. The molecule has 1 aliphatic rings. The van der Waals surface area contributed by atoms with Crippen molar-refractivity contribution < 1.29 is 18.4 Å². The molecular formula is C18H16F2N2O2. The van der Waals surface area contributed by atoms with Crippen molar-refractivity contribution in [3.63, 3.8) is 0 Å². The number of hydrogen-bond donors (Lipinski definition) is 0. The van der Waals surface area contributed by atoms with Crippen molar-refractivity contribution in [3.8, 4) is 0 Å². The van der Waals surface area contributed by atoms with Crippen LogP contribution in [0.5, 0.6) is 0 Å². The Kier molecular flexibility index (Phi) is 4.55. The van der Waals surface area contributed by atoms with E-state index in [1.807, 2.05) is 0 Å². The Morgan fingerprint density at radius 2 is 2.04 bits per heavy atom. The summed E-state index contributed by atoms with van der Waals surface area (Å²) in [7, 11) is 1.58. The summed E-state index contributed by atoms with van der Waals surface area (Å²) in [4.78, 5) is 19.0. The molecule has 1 unspecified atom stereocenters. The molecular weight excluding hydrogens is 314 g/mol. The van der Waals surface area contributed by atoms with Gasteiger partial charge in [0.1, 0.15) is 11.6 Å².